The monoisotopic (exact) mass is 326 g/mol. The van der Waals surface area contributed by atoms with E-state index in [1.165, 1.54) is 18.2 Å². The van der Waals surface area contributed by atoms with E-state index in [4.69, 9.17) is 10.5 Å². The van der Waals surface area contributed by atoms with Crippen molar-refractivity contribution in [2.45, 2.75) is 38.0 Å². The van der Waals surface area contributed by atoms with Crippen molar-refractivity contribution in [1.82, 2.24) is 4.90 Å². The van der Waals surface area contributed by atoms with Crippen LogP contribution >= 0.6 is 0 Å². The van der Waals surface area contributed by atoms with Crippen LogP contribution in [0.15, 0.2) is 18.2 Å². The first-order chi connectivity index (χ1) is 11.1. The minimum absolute atomic E-state index is 0.0494. The molecule has 1 aliphatic heterocycles. The number of aliphatic hydroxyl groups excluding tert-OH is 1. The molecule has 4 nitrogen and oxygen atoms in total. The van der Waals surface area contributed by atoms with E-state index < -0.39 is 11.6 Å². The van der Waals surface area contributed by atoms with Gasteiger partial charge in [0.05, 0.1) is 18.8 Å². The van der Waals surface area contributed by atoms with Crippen LogP contribution in [0, 0.1) is 17.0 Å². The van der Waals surface area contributed by atoms with Gasteiger partial charge in [-0.15, -0.1) is 0 Å². The first kappa shape index (κ1) is 16.8. The van der Waals surface area contributed by atoms with Crippen LogP contribution in [0.3, 0.4) is 0 Å². The molecule has 3 N–H and O–H groups in total. The Kier molecular flexibility index (Phi) is 4.96. The number of rotatable bonds is 5. The van der Waals surface area contributed by atoms with E-state index in [0.29, 0.717) is 32.7 Å². The summed E-state index contributed by atoms with van der Waals surface area (Å²) in [5.74, 6) is -1.00. The fourth-order valence-electron chi connectivity index (χ4n) is 3.86. The van der Waals surface area contributed by atoms with Gasteiger partial charge in [0.15, 0.2) is 0 Å². The van der Waals surface area contributed by atoms with Crippen molar-refractivity contribution in [3.05, 3.63) is 35.4 Å². The van der Waals surface area contributed by atoms with E-state index in [2.05, 4.69) is 0 Å². The lowest BCUT2D eigenvalue weighted by Gasteiger charge is -2.56. The number of likely N-dealkylation sites (tertiary alicyclic amines) is 1. The number of halogens is 2. The number of benzene rings is 1. The number of piperidine rings is 1. The van der Waals surface area contributed by atoms with Crippen LogP contribution in [0.4, 0.5) is 8.78 Å². The molecule has 1 aliphatic carbocycles. The molecule has 128 valence electrons. The highest BCUT2D eigenvalue weighted by atomic mass is 19.1. The molecule has 2 fully saturated rings. The summed E-state index contributed by atoms with van der Waals surface area (Å²) < 4.78 is 33.3. The lowest BCUT2D eigenvalue weighted by atomic mass is 9.58. The summed E-state index contributed by atoms with van der Waals surface area (Å²) in [5.41, 5.74) is 5.39. The molecule has 23 heavy (non-hydrogen) atoms. The highest BCUT2D eigenvalue weighted by molar-refractivity contribution is 5.20. The molecule has 6 heteroatoms. The highest BCUT2D eigenvalue weighted by Crippen LogP contribution is 2.51. The minimum Gasteiger partial charge on any atom is -0.392 e. The second-order valence-corrected chi connectivity index (χ2v) is 6.61. The summed E-state index contributed by atoms with van der Waals surface area (Å²) in [7, 11) is 0. The molecule has 0 unspecified atom stereocenters. The number of hydrogen-bond acceptors (Lipinski definition) is 4. The van der Waals surface area contributed by atoms with Gasteiger partial charge in [0.2, 0.25) is 0 Å². The average molecular weight is 326 g/mol. The maximum atomic E-state index is 13.8. The number of hydrogen-bond donors (Lipinski definition) is 2. The zero-order chi connectivity index (χ0) is 16.4. The molecule has 1 saturated carbocycles. The summed E-state index contributed by atoms with van der Waals surface area (Å²) in [4.78, 5) is 2.04. The first-order valence-corrected chi connectivity index (χ1v) is 8.22. The SMILES string of the molecule is NCCO[C@H]1C[C@@H](O)C12CCN(Cc1c(F)cccc1F)CC2. The van der Waals surface area contributed by atoms with Crippen molar-refractivity contribution in [3.63, 3.8) is 0 Å². The minimum atomic E-state index is -0.502. The lowest BCUT2D eigenvalue weighted by Crippen LogP contribution is -2.62. The Labute approximate surface area is 135 Å². The van der Waals surface area contributed by atoms with Crippen LogP contribution in [-0.4, -0.2) is 48.5 Å². The van der Waals surface area contributed by atoms with Crippen molar-refractivity contribution in [1.29, 1.82) is 0 Å². The molecule has 0 bridgehead atoms. The van der Waals surface area contributed by atoms with Gasteiger partial charge in [-0.05, 0) is 38.1 Å². The van der Waals surface area contributed by atoms with Crippen LogP contribution in [0.25, 0.3) is 0 Å². The van der Waals surface area contributed by atoms with Crippen molar-refractivity contribution < 1.29 is 18.6 Å². The van der Waals surface area contributed by atoms with Crippen molar-refractivity contribution in [2.75, 3.05) is 26.2 Å². The molecule has 1 saturated heterocycles. The second-order valence-electron chi connectivity index (χ2n) is 6.61. The van der Waals surface area contributed by atoms with Crippen molar-refractivity contribution in [2.24, 2.45) is 11.1 Å². The normalized spacial score (nSPS) is 27.1. The molecule has 1 heterocycles. The Morgan fingerprint density at radius 1 is 1.26 bits per heavy atom. The maximum Gasteiger partial charge on any atom is 0.130 e. The third kappa shape index (κ3) is 3.13. The van der Waals surface area contributed by atoms with Gasteiger partial charge in [-0.2, -0.15) is 0 Å². The van der Waals surface area contributed by atoms with E-state index >= 15 is 0 Å². The zero-order valence-electron chi connectivity index (χ0n) is 13.2. The molecule has 0 aromatic heterocycles. The molecular formula is C17H24F2N2O2. The predicted molar refractivity (Wildman–Crippen MR) is 82.7 cm³/mol. The standard InChI is InChI=1S/C17H24F2N2O2/c18-13-2-1-3-14(19)12(13)11-21-7-4-17(5-8-21)15(22)10-16(17)23-9-6-20/h1-3,15-16,22H,4-11,20H2/t15-,16+/m1/s1. The third-order valence-electron chi connectivity index (χ3n) is 5.41. The Hall–Kier alpha value is -1.08. The third-order valence-corrected chi connectivity index (χ3v) is 5.41. The van der Waals surface area contributed by atoms with Gasteiger partial charge in [-0.1, -0.05) is 6.07 Å². The first-order valence-electron chi connectivity index (χ1n) is 8.22. The number of ether oxygens (including phenoxy) is 1. The van der Waals surface area contributed by atoms with Crippen LogP contribution in [0.2, 0.25) is 0 Å². The molecule has 3 rings (SSSR count). The molecule has 0 amide bonds. The molecule has 1 spiro atoms. The molecule has 2 aliphatic rings. The largest absolute Gasteiger partial charge is 0.392 e. The number of nitrogens with two attached hydrogens (primary N) is 1. The summed E-state index contributed by atoms with van der Waals surface area (Å²) in [6.45, 7) is 2.64. The van der Waals surface area contributed by atoms with E-state index in [9.17, 15) is 13.9 Å². The molecule has 1 aromatic rings. The van der Waals surface area contributed by atoms with E-state index in [1.807, 2.05) is 4.90 Å². The average Bonchev–Trinajstić information content (AvgIpc) is 2.55. The summed E-state index contributed by atoms with van der Waals surface area (Å²) in [5, 5.41) is 10.2. The molecular weight excluding hydrogens is 302 g/mol. The van der Waals surface area contributed by atoms with Gasteiger partial charge in [-0.3, -0.25) is 4.90 Å². The van der Waals surface area contributed by atoms with Crippen LogP contribution in [-0.2, 0) is 11.3 Å². The van der Waals surface area contributed by atoms with Crippen LogP contribution in [0.5, 0.6) is 0 Å². The smallest absolute Gasteiger partial charge is 0.130 e. The van der Waals surface area contributed by atoms with Gasteiger partial charge in [0.25, 0.3) is 0 Å². The van der Waals surface area contributed by atoms with E-state index in [-0.39, 0.29) is 29.7 Å². The van der Waals surface area contributed by atoms with Crippen molar-refractivity contribution in [3.8, 4) is 0 Å². The van der Waals surface area contributed by atoms with E-state index in [1.54, 1.807) is 0 Å². The molecule has 1 aromatic carbocycles. The Morgan fingerprint density at radius 2 is 1.91 bits per heavy atom. The number of nitrogens with zero attached hydrogens (tertiary/aromatic N) is 1. The van der Waals surface area contributed by atoms with E-state index in [0.717, 1.165) is 12.8 Å². The van der Waals surface area contributed by atoms with Gasteiger partial charge >= 0.3 is 0 Å². The fourth-order valence-corrected chi connectivity index (χ4v) is 3.86. The number of aliphatic hydroxyl groups is 1. The van der Waals surface area contributed by atoms with Gasteiger partial charge in [0.1, 0.15) is 11.6 Å². The molecule has 2 atom stereocenters. The van der Waals surface area contributed by atoms with Gasteiger partial charge in [0, 0.05) is 30.5 Å². The Balaban J connectivity index is 1.60. The van der Waals surface area contributed by atoms with Crippen LogP contribution < -0.4 is 5.73 Å². The Morgan fingerprint density at radius 3 is 2.48 bits per heavy atom. The quantitative estimate of drug-likeness (QED) is 0.864. The van der Waals surface area contributed by atoms with Gasteiger partial charge in [-0.25, -0.2) is 8.78 Å². The zero-order valence-corrected chi connectivity index (χ0v) is 13.2. The fraction of sp³-hybridized carbons (Fsp3) is 0.647. The topological polar surface area (TPSA) is 58.7 Å². The van der Waals surface area contributed by atoms with Gasteiger partial charge < -0.3 is 15.6 Å². The summed E-state index contributed by atoms with van der Waals surface area (Å²) >= 11 is 0. The van der Waals surface area contributed by atoms with Crippen LogP contribution in [0.1, 0.15) is 24.8 Å². The lowest BCUT2D eigenvalue weighted by molar-refractivity contribution is -0.210. The second kappa shape index (κ2) is 6.81. The Bertz CT molecular complexity index is 527. The highest BCUT2D eigenvalue weighted by Gasteiger charge is 2.56. The van der Waals surface area contributed by atoms with Crippen molar-refractivity contribution >= 4 is 0 Å². The molecule has 0 radical (unpaired) electrons. The predicted octanol–water partition coefficient (Wildman–Crippen LogP) is 1.66. The maximum absolute atomic E-state index is 13.8. The summed E-state index contributed by atoms with van der Waals surface area (Å²) in [6.07, 6.45) is 1.91. The summed E-state index contributed by atoms with van der Waals surface area (Å²) in [6, 6.07) is 3.95.